The van der Waals surface area contributed by atoms with Crippen LogP contribution < -0.4 is 14.8 Å². The first-order valence-corrected chi connectivity index (χ1v) is 11.5. The summed E-state index contributed by atoms with van der Waals surface area (Å²) in [7, 11) is 1.52. The number of carbonyl (C=O) groups excluding carboxylic acids is 3. The van der Waals surface area contributed by atoms with Crippen molar-refractivity contribution in [3.05, 3.63) is 55.9 Å². The minimum absolute atomic E-state index is 0.202. The maximum Gasteiger partial charge on any atom is 0.294 e. The zero-order chi connectivity index (χ0) is 23.4. The van der Waals surface area contributed by atoms with Crippen LogP contribution >= 0.6 is 39.3 Å². The molecule has 7 nitrogen and oxygen atoms in total. The second-order valence-electron chi connectivity index (χ2n) is 6.74. The fourth-order valence-corrected chi connectivity index (χ4v) is 4.33. The molecule has 0 spiro atoms. The lowest BCUT2D eigenvalue weighted by molar-refractivity contribution is -0.127. The number of rotatable bonds is 7. The van der Waals surface area contributed by atoms with E-state index in [4.69, 9.17) is 21.1 Å². The van der Waals surface area contributed by atoms with Gasteiger partial charge in [-0.2, -0.15) is 0 Å². The minimum Gasteiger partial charge on any atom is -0.493 e. The van der Waals surface area contributed by atoms with E-state index in [0.717, 1.165) is 22.2 Å². The third kappa shape index (κ3) is 5.46. The monoisotopic (exact) mass is 538 g/mol. The first-order chi connectivity index (χ1) is 15.2. The van der Waals surface area contributed by atoms with E-state index in [-0.39, 0.29) is 4.91 Å². The van der Waals surface area contributed by atoms with E-state index in [2.05, 4.69) is 21.2 Å². The molecule has 0 aliphatic carbocycles. The van der Waals surface area contributed by atoms with Crippen molar-refractivity contribution in [3.63, 3.8) is 0 Å². The molecule has 3 rings (SSSR count). The smallest absolute Gasteiger partial charge is 0.294 e. The second kappa shape index (κ2) is 10.4. The first kappa shape index (κ1) is 24.2. The Bertz CT molecular complexity index is 1120. The Morgan fingerprint density at radius 1 is 1.25 bits per heavy atom. The molecule has 32 heavy (non-hydrogen) atoms. The van der Waals surface area contributed by atoms with Gasteiger partial charge in [-0.05, 0) is 67.1 Å². The van der Waals surface area contributed by atoms with Gasteiger partial charge in [0.15, 0.2) is 11.5 Å². The Balaban J connectivity index is 1.76. The number of amides is 3. The third-order valence-electron chi connectivity index (χ3n) is 4.50. The van der Waals surface area contributed by atoms with Crippen molar-refractivity contribution in [3.8, 4) is 11.5 Å². The topological polar surface area (TPSA) is 84.9 Å². The third-order valence-corrected chi connectivity index (χ3v) is 6.50. The number of hydrogen-bond acceptors (Lipinski definition) is 6. The Morgan fingerprint density at radius 3 is 2.66 bits per heavy atom. The van der Waals surface area contributed by atoms with Gasteiger partial charge in [0.1, 0.15) is 6.54 Å². The number of nitrogens with one attached hydrogen (secondary N) is 1. The summed E-state index contributed by atoms with van der Waals surface area (Å²) in [5.41, 5.74) is 1.99. The van der Waals surface area contributed by atoms with Gasteiger partial charge in [0, 0.05) is 15.2 Å². The lowest BCUT2D eigenvalue weighted by atomic mass is 10.2. The lowest BCUT2D eigenvalue weighted by Crippen LogP contribution is -2.36. The van der Waals surface area contributed by atoms with Gasteiger partial charge in [-0.1, -0.05) is 33.6 Å². The van der Waals surface area contributed by atoms with Crippen LogP contribution in [0.15, 0.2) is 39.7 Å². The van der Waals surface area contributed by atoms with E-state index in [1.165, 1.54) is 7.11 Å². The Hall–Kier alpha value is -2.49. The van der Waals surface area contributed by atoms with Gasteiger partial charge >= 0.3 is 0 Å². The number of hydrogen-bond donors (Lipinski definition) is 1. The molecule has 168 valence electrons. The summed E-state index contributed by atoms with van der Waals surface area (Å²) in [4.78, 5) is 38.7. The summed E-state index contributed by atoms with van der Waals surface area (Å²) in [6.45, 7) is 3.78. The zero-order valence-corrected chi connectivity index (χ0v) is 20.7. The van der Waals surface area contributed by atoms with Gasteiger partial charge in [0.2, 0.25) is 5.91 Å². The van der Waals surface area contributed by atoms with E-state index in [1.807, 2.05) is 13.8 Å². The lowest BCUT2D eigenvalue weighted by Gasteiger charge is -2.13. The van der Waals surface area contributed by atoms with Crippen LogP contribution in [0, 0.1) is 6.92 Å². The molecule has 1 saturated heterocycles. The van der Waals surface area contributed by atoms with Gasteiger partial charge < -0.3 is 14.8 Å². The molecule has 0 atom stereocenters. The highest BCUT2D eigenvalue weighted by atomic mass is 79.9. The number of halogens is 2. The normalized spacial score (nSPS) is 14.8. The molecule has 2 aromatic rings. The van der Waals surface area contributed by atoms with E-state index >= 15 is 0 Å². The largest absolute Gasteiger partial charge is 0.493 e. The first-order valence-electron chi connectivity index (χ1n) is 9.55. The molecule has 0 saturated carbocycles. The number of methoxy groups -OCH3 is 1. The highest BCUT2D eigenvalue weighted by molar-refractivity contribution is 9.10. The van der Waals surface area contributed by atoms with E-state index < -0.39 is 23.6 Å². The molecule has 0 bridgehead atoms. The van der Waals surface area contributed by atoms with Crippen molar-refractivity contribution in [1.82, 2.24) is 4.90 Å². The summed E-state index contributed by atoms with van der Waals surface area (Å²) < 4.78 is 11.5. The van der Waals surface area contributed by atoms with E-state index in [9.17, 15) is 14.4 Å². The standard InChI is InChI=1S/C22H20BrClN2O5S/c1-4-31-18-10-15(23)13(7-17(18)30-3)8-19-21(28)26(22(29)32-19)11-20(27)25-14-6-5-12(2)16(24)9-14/h5-10H,4,11H2,1-3H3,(H,25,27)/b19-8-. The molecule has 0 radical (unpaired) electrons. The minimum atomic E-state index is -0.545. The van der Waals surface area contributed by atoms with Gasteiger partial charge in [-0.15, -0.1) is 0 Å². The molecular weight excluding hydrogens is 520 g/mol. The number of imide groups is 1. The van der Waals surface area contributed by atoms with Gasteiger partial charge in [0.25, 0.3) is 11.1 Å². The van der Waals surface area contributed by atoms with Crippen LogP contribution in [0.25, 0.3) is 6.08 Å². The predicted molar refractivity (Wildman–Crippen MR) is 129 cm³/mol. The number of ether oxygens (including phenoxy) is 2. The van der Waals surface area contributed by atoms with Crippen LogP contribution in [0.2, 0.25) is 5.02 Å². The van der Waals surface area contributed by atoms with E-state index in [1.54, 1.807) is 36.4 Å². The summed E-state index contributed by atoms with van der Waals surface area (Å²) in [5.74, 6) is 0.00546. The maximum atomic E-state index is 12.8. The highest BCUT2D eigenvalue weighted by Gasteiger charge is 2.36. The van der Waals surface area contributed by atoms with Crippen molar-refractivity contribution in [2.45, 2.75) is 13.8 Å². The van der Waals surface area contributed by atoms with Crippen LogP contribution in [0.5, 0.6) is 11.5 Å². The molecule has 0 aromatic heterocycles. The Kier molecular flexibility index (Phi) is 7.86. The Morgan fingerprint density at radius 2 is 2.00 bits per heavy atom. The van der Waals surface area contributed by atoms with Crippen LogP contribution in [-0.4, -0.2) is 42.2 Å². The molecule has 1 heterocycles. The summed E-state index contributed by atoms with van der Waals surface area (Å²) in [6, 6.07) is 8.52. The van der Waals surface area contributed by atoms with Crippen LogP contribution in [-0.2, 0) is 9.59 Å². The average Bonchev–Trinajstić information content (AvgIpc) is 3.00. The van der Waals surface area contributed by atoms with Crippen molar-refractivity contribution in [2.24, 2.45) is 0 Å². The van der Waals surface area contributed by atoms with Crippen molar-refractivity contribution >= 4 is 68.1 Å². The number of benzene rings is 2. The summed E-state index contributed by atoms with van der Waals surface area (Å²) in [6.07, 6.45) is 1.57. The molecule has 0 unspecified atom stereocenters. The molecule has 1 N–H and O–H groups in total. The number of anilines is 1. The SMILES string of the molecule is CCOc1cc(Br)c(/C=C2\SC(=O)N(CC(=O)Nc3ccc(C)c(Cl)c3)C2=O)cc1OC. The van der Waals surface area contributed by atoms with Gasteiger partial charge in [0.05, 0.1) is 18.6 Å². The molecule has 1 aliphatic rings. The maximum absolute atomic E-state index is 12.8. The fraction of sp³-hybridized carbons (Fsp3) is 0.227. The fourth-order valence-electron chi connectivity index (χ4n) is 2.88. The van der Waals surface area contributed by atoms with Crippen molar-refractivity contribution in [2.75, 3.05) is 25.6 Å². The summed E-state index contributed by atoms with van der Waals surface area (Å²) in [5, 5.41) is 2.64. The quantitative estimate of drug-likeness (QED) is 0.468. The van der Waals surface area contributed by atoms with E-state index in [0.29, 0.717) is 38.9 Å². The van der Waals surface area contributed by atoms with Crippen LogP contribution in [0.3, 0.4) is 0 Å². The number of nitrogens with zero attached hydrogens (tertiary/aromatic N) is 1. The molecular formula is C22H20BrClN2O5S. The average molecular weight is 540 g/mol. The Labute approximate surface area is 203 Å². The van der Waals surface area contributed by atoms with Crippen molar-refractivity contribution < 1.29 is 23.9 Å². The molecule has 3 amide bonds. The van der Waals surface area contributed by atoms with Crippen LogP contribution in [0.1, 0.15) is 18.1 Å². The number of thioether (sulfide) groups is 1. The van der Waals surface area contributed by atoms with Crippen molar-refractivity contribution in [1.29, 1.82) is 0 Å². The van der Waals surface area contributed by atoms with Gasteiger partial charge in [-0.3, -0.25) is 19.3 Å². The van der Waals surface area contributed by atoms with Gasteiger partial charge in [-0.25, -0.2) is 0 Å². The molecule has 10 heteroatoms. The molecule has 1 fully saturated rings. The highest BCUT2D eigenvalue weighted by Crippen LogP contribution is 2.38. The second-order valence-corrected chi connectivity index (χ2v) is 8.99. The zero-order valence-electron chi connectivity index (χ0n) is 17.5. The summed E-state index contributed by atoms with van der Waals surface area (Å²) >= 11 is 10.3. The number of carbonyl (C=O) groups is 3. The van der Waals surface area contributed by atoms with Crippen LogP contribution in [0.4, 0.5) is 10.5 Å². The molecule has 2 aromatic carbocycles. The number of aryl methyl sites for hydroxylation is 1. The molecule has 1 aliphatic heterocycles. The predicted octanol–water partition coefficient (Wildman–Crippen LogP) is 5.49.